The second-order valence-electron chi connectivity index (χ2n) is 6.51. The number of phenols is 3. The van der Waals surface area contributed by atoms with Crippen molar-refractivity contribution in [2.24, 2.45) is 0 Å². The van der Waals surface area contributed by atoms with Crippen molar-refractivity contribution < 1.29 is 24.9 Å². The molecule has 0 unspecified atom stereocenters. The lowest BCUT2D eigenvalue weighted by Gasteiger charge is -2.17. The Hall–Kier alpha value is -2.69. The number of unbranched alkanes of at least 4 members (excludes halogenated alkanes) is 1. The van der Waals surface area contributed by atoms with Gasteiger partial charge in [-0.1, -0.05) is 18.2 Å². The van der Waals surface area contributed by atoms with Crippen LogP contribution in [0.25, 0.3) is 0 Å². The summed E-state index contributed by atoms with van der Waals surface area (Å²) in [5.41, 5.74) is 2.06. The molecule has 0 radical (unpaired) electrons. The summed E-state index contributed by atoms with van der Waals surface area (Å²) in [6, 6.07) is 11.9. The van der Waals surface area contributed by atoms with Gasteiger partial charge in [-0.25, -0.2) is 0 Å². The number of hydrogen-bond donors (Lipinski definition) is 3. The molecule has 0 aliphatic carbocycles. The van der Waals surface area contributed by atoms with Crippen molar-refractivity contribution in [3.63, 3.8) is 0 Å². The van der Waals surface area contributed by atoms with Gasteiger partial charge in [0.05, 0.1) is 0 Å². The third kappa shape index (κ3) is 6.67. The van der Waals surface area contributed by atoms with Crippen LogP contribution >= 0.6 is 0 Å². The van der Waals surface area contributed by atoms with E-state index in [1.54, 1.807) is 24.3 Å². The highest BCUT2D eigenvalue weighted by molar-refractivity contribution is 5.66. The molecule has 2 aromatic rings. The highest BCUT2D eigenvalue weighted by atomic mass is 16.5. The zero-order valence-corrected chi connectivity index (χ0v) is 15.0. The minimum atomic E-state index is -0.274. The third-order valence-corrected chi connectivity index (χ3v) is 4.31. The fraction of sp³-hybridized carbons (Fsp3) is 0.381. The maximum Gasteiger partial charge on any atom is 0.302 e. The maximum atomic E-state index is 11.3. The summed E-state index contributed by atoms with van der Waals surface area (Å²) >= 11 is 0. The minimum absolute atomic E-state index is 0.103. The quantitative estimate of drug-likeness (QED) is 0.357. The molecule has 0 aliphatic heterocycles. The van der Waals surface area contributed by atoms with Gasteiger partial charge in [-0.2, -0.15) is 0 Å². The average molecular weight is 358 g/mol. The first-order chi connectivity index (χ1) is 12.4. The van der Waals surface area contributed by atoms with Crippen molar-refractivity contribution >= 4 is 5.97 Å². The molecule has 5 heteroatoms. The van der Waals surface area contributed by atoms with E-state index in [2.05, 4.69) is 0 Å². The monoisotopic (exact) mass is 358 g/mol. The topological polar surface area (TPSA) is 87.0 Å². The predicted octanol–water partition coefficient (Wildman–Crippen LogP) is 4.08. The number of phenolic OH excluding ortho intramolecular Hbond substituents is 3. The molecule has 0 aliphatic rings. The number of hydrogen-bond acceptors (Lipinski definition) is 5. The number of rotatable bonds is 9. The maximum absolute atomic E-state index is 11.3. The van der Waals surface area contributed by atoms with E-state index in [1.165, 1.54) is 13.0 Å². The van der Waals surface area contributed by atoms with Crippen LogP contribution in [-0.2, 0) is 22.4 Å². The molecule has 0 spiro atoms. The summed E-state index contributed by atoms with van der Waals surface area (Å²) in [6.07, 6.45) is 4.76. The van der Waals surface area contributed by atoms with Crippen molar-refractivity contribution in [1.82, 2.24) is 0 Å². The molecule has 2 aromatic carbocycles. The standard InChI is InChI=1S/C21H26O5/c1-15(22)26-19(12-8-16-6-10-18(23)11-7-16)5-3-2-4-17-9-13-20(24)21(25)14-17/h6-7,9-11,13-14,19,23-25H,2-5,8,12H2,1H3/t19-/m1/s1. The van der Waals surface area contributed by atoms with E-state index in [1.807, 2.05) is 12.1 Å². The van der Waals surface area contributed by atoms with Crippen LogP contribution in [0.15, 0.2) is 42.5 Å². The molecule has 0 aromatic heterocycles. The molecule has 0 fully saturated rings. The van der Waals surface area contributed by atoms with Crippen LogP contribution < -0.4 is 0 Å². The van der Waals surface area contributed by atoms with Crippen LogP contribution in [0.4, 0.5) is 0 Å². The van der Waals surface area contributed by atoms with Gasteiger partial charge in [-0.05, 0) is 73.9 Å². The van der Waals surface area contributed by atoms with E-state index >= 15 is 0 Å². The highest BCUT2D eigenvalue weighted by Crippen LogP contribution is 2.26. The van der Waals surface area contributed by atoms with E-state index in [0.717, 1.165) is 49.7 Å². The number of carbonyl (C=O) groups excluding carboxylic acids is 1. The third-order valence-electron chi connectivity index (χ3n) is 4.31. The molecule has 0 bridgehead atoms. The second-order valence-corrected chi connectivity index (χ2v) is 6.51. The molecule has 1 atom stereocenters. The van der Waals surface area contributed by atoms with Crippen LogP contribution in [0.3, 0.4) is 0 Å². The van der Waals surface area contributed by atoms with Crippen LogP contribution in [0.1, 0.15) is 43.7 Å². The van der Waals surface area contributed by atoms with E-state index in [9.17, 15) is 20.1 Å². The molecule has 5 nitrogen and oxygen atoms in total. The first-order valence-electron chi connectivity index (χ1n) is 8.90. The first-order valence-corrected chi connectivity index (χ1v) is 8.90. The number of benzene rings is 2. The van der Waals surface area contributed by atoms with Gasteiger partial charge in [0.1, 0.15) is 11.9 Å². The van der Waals surface area contributed by atoms with Gasteiger partial charge in [0, 0.05) is 6.92 Å². The fourth-order valence-corrected chi connectivity index (χ4v) is 2.91. The van der Waals surface area contributed by atoms with E-state index in [0.29, 0.717) is 0 Å². The molecule has 26 heavy (non-hydrogen) atoms. The Labute approximate surface area is 153 Å². The smallest absolute Gasteiger partial charge is 0.302 e. The number of ether oxygens (including phenoxy) is 1. The zero-order chi connectivity index (χ0) is 18.9. The Kier molecular flexibility index (Phi) is 7.33. The summed E-state index contributed by atoms with van der Waals surface area (Å²) in [6.45, 7) is 1.42. The van der Waals surface area contributed by atoms with Gasteiger partial charge >= 0.3 is 5.97 Å². The van der Waals surface area contributed by atoms with E-state index in [-0.39, 0.29) is 29.3 Å². The predicted molar refractivity (Wildman–Crippen MR) is 99.3 cm³/mol. The Morgan fingerprint density at radius 3 is 2.23 bits per heavy atom. The lowest BCUT2D eigenvalue weighted by atomic mass is 10.0. The molecule has 0 saturated carbocycles. The normalized spacial score (nSPS) is 11.9. The minimum Gasteiger partial charge on any atom is -0.508 e. The summed E-state index contributed by atoms with van der Waals surface area (Å²) in [7, 11) is 0. The SMILES string of the molecule is CC(=O)O[C@H](CCCCc1ccc(O)c(O)c1)CCc1ccc(O)cc1. The van der Waals surface area contributed by atoms with Gasteiger partial charge in [0.25, 0.3) is 0 Å². The molecular formula is C21H26O5. The van der Waals surface area contributed by atoms with E-state index in [4.69, 9.17) is 4.74 Å². The summed E-state index contributed by atoms with van der Waals surface area (Å²) in [5, 5.41) is 28.2. The van der Waals surface area contributed by atoms with Crippen LogP contribution in [0.5, 0.6) is 17.2 Å². The van der Waals surface area contributed by atoms with Gasteiger partial charge in [-0.15, -0.1) is 0 Å². The number of aryl methyl sites for hydroxylation is 2. The fourth-order valence-electron chi connectivity index (χ4n) is 2.91. The van der Waals surface area contributed by atoms with Crippen LogP contribution in [-0.4, -0.2) is 27.4 Å². The second kappa shape index (κ2) is 9.70. The van der Waals surface area contributed by atoms with Gasteiger partial charge in [0.2, 0.25) is 0 Å². The molecule has 0 amide bonds. The molecule has 0 heterocycles. The number of aromatic hydroxyl groups is 3. The summed E-state index contributed by atoms with van der Waals surface area (Å²) in [4.78, 5) is 11.3. The Balaban J connectivity index is 1.78. The summed E-state index contributed by atoms with van der Waals surface area (Å²) < 4.78 is 5.42. The lowest BCUT2D eigenvalue weighted by molar-refractivity contribution is -0.147. The van der Waals surface area contributed by atoms with Gasteiger partial charge in [0.15, 0.2) is 11.5 Å². The number of esters is 1. The van der Waals surface area contributed by atoms with Crippen molar-refractivity contribution in [2.45, 2.75) is 51.6 Å². The van der Waals surface area contributed by atoms with Crippen molar-refractivity contribution in [1.29, 1.82) is 0 Å². The Bertz CT molecular complexity index is 709. The highest BCUT2D eigenvalue weighted by Gasteiger charge is 2.12. The Morgan fingerprint density at radius 1 is 0.885 bits per heavy atom. The van der Waals surface area contributed by atoms with Crippen molar-refractivity contribution in [3.8, 4) is 17.2 Å². The van der Waals surface area contributed by atoms with Gasteiger partial charge < -0.3 is 20.1 Å². The van der Waals surface area contributed by atoms with Crippen molar-refractivity contribution in [2.75, 3.05) is 0 Å². The molecular weight excluding hydrogens is 332 g/mol. The van der Waals surface area contributed by atoms with Gasteiger partial charge in [-0.3, -0.25) is 4.79 Å². The first kappa shape index (κ1) is 19.6. The molecule has 3 N–H and O–H groups in total. The lowest BCUT2D eigenvalue weighted by Crippen LogP contribution is -2.17. The summed E-state index contributed by atoms with van der Waals surface area (Å²) in [5.74, 6) is -0.248. The van der Waals surface area contributed by atoms with Crippen LogP contribution in [0, 0.1) is 0 Å². The molecule has 0 saturated heterocycles. The number of carbonyl (C=O) groups is 1. The van der Waals surface area contributed by atoms with Crippen LogP contribution in [0.2, 0.25) is 0 Å². The largest absolute Gasteiger partial charge is 0.508 e. The van der Waals surface area contributed by atoms with E-state index < -0.39 is 0 Å². The zero-order valence-electron chi connectivity index (χ0n) is 15.0. The van der Waals surface area contributed by atoms with Crippen molar-refractivity contribution in [3.05, 3.63) is 53.6 Å². The molecule has 2 rings (SSSR count). The molecule has 140 valence electrons. The average Bonchev–Trinajstić information content (AvgIpc) is 2.60. The Morgan fingerprint density at radius 2 is 1.58 bits per heavy atom.